The molecule has 0 rings (SSSR count). The van der Waals surface area contributed by atoms with Gasteiger partial charge in [-0.3, -0.25) is 14.4 Å². The highest BCUT2D eigenvalue weighted by Gasteiger charge is 2.19. The molecule has 6 nitrogen and oxygen atoms in total. The fourth-order valence-corrected chi connectivity index (χ4v) is 7.32. The molecule has 1 atom stereocenters. The number of allylic oxidation sites excluding steroid dienone is 38. The van der Waals surface area contributed by atoms with Gasteiger partial charge in [0, 0.05) is 6.42 Å². The van der Waals surface area contributed by atoms with Gasteiger partial charge >= 0.3 is 17.9 Å². The van der Waals surface area contributed by atoms with Gasteiger partial charge in [0.2, 0.25) is 0 Å². The van der Waals surface area contributed by atoms with Gasteiger partial charge in [0.15, 0.2) is 6.10 Å². The lowest BCUT2D eigenvalue weighted by Crippen LogP contribution is -2.30. The lowest BCUT2D eigenvalue weighted by molar-refractivity contribution is -0.166. The van der Waals surface area contributed by atoms with Gasteiger partial charge in [-0.15, -0.1) is 0 Å². The van der Waals surface area contributed by atoms with Crippen molar-refractivity contribution in [2.45, 2.75) is 207 Å². The first-order chi connectivity index (χ1) is 41.0. The fraction of sp³-hybridized carbons (Fsp3) is 0.442. The number of carbonyl (C=O) groups is 3. The molecule has 0 aliphatic heterocycles. The quantitative estimate of drug-likeness (QED) is 0.0261. The molecule has 0 radical (unpaired) electrons. The van der Waals surface area contributed by atoms with Crippen LogP contribution in [0.5, 0.6) is 0 Å². The predicted octanol–water partition coefficient (Wildman–Crippen LogP) is 22.1. The Hall–Kier alpha value is -6.79. The van der Waals surface area contributed by atoms with Crippen LogP contribution in [0.3, 0.4) is 0 Å². The first-order valence-electron chi connectivity index (χ1n) is 31.5. The number of hydrogen-bond acceptors (Lipinski definition) is 6. The summed E-state index contributed by atoms with van der Waals surface area (Å²) in [5.41, 5.74) is 0. The second-order valence-corrected chi connectivity index (χ2v) is 19.5. The number of rotatable bonds is 53. The average molecular weight is 1130 g/mol. The van der Waals surface area contributed by atoms with E-state index >= 15 is 0 Å². The Morgan fingerprint density at radius 1 is 0.253 bits per heavy atom. The summed E-state index contributed by atoms with van der Waals surface area (Å²) in [4.78, 5) is 38.1. The maximum atomic E-state index is 12.8. The second-order valence-electron chi connectivity index (χ2n) is 19.5. The van der Waals surface area contributed by atoms with E-state index in [4.69, 9.17) is 14.2 Å². The number of carbonyl (C=O) groups excluding carboxylic acids is 3. The van der Waals surface area contributed by atoms with E-state index in [0.29, 0.717) is 12.8 Å². The maximum absolute atomic E-state index is 12.8. The van der Waals surface area contributed by atoms with Crippen LogP contribution in [-0.4, -0.2) is 37.2 Å². The van der Waals surface area contributed by atoms with Gasteiger partial charge in [0.05, 0.1) is 12.8 Å². The molecular weight excluding hydrogens is 1020 g/mol. The van der Waals surface area contributed by atoms with Crippen molar-refractivity contribution in [3.63, 3.8) is 0 Å². The summed E-state index contributed by atoms with van der Waals surface area (Å²) in [5.74, 6) is -1.28. The lowest BCUT2D eigenvalue weighted by atomic mass is 10.1. The summed E-state index contributed by atoms with van der Waals surface area (Å²) < 4.78 is 16.6. The zero-order valence-electron chi connectivity index (χ0n) is 51.8. The van der Waals surface area contributed by atoms with Crippen LogP contribution in [0.4, 0.5) is 0 Å². The molecule has 6 heteroatoms. The number of ether oxygens (including phenoxy) is 3. The lowest BCUT2D eigenvalue weighted by Gasteiger charge is -2.17. The topological polar surface area (TPSA) is 78.9 Å². The van der Waals surface area contributed by atoms with E-state index in [1.54, 1.807) is 12.2 Å². The summed E-state index contributed by atoms with van der Waals surface area (Å²) in [6.45, 7) is 6.06. The van der Waals surface area contributed by atoms with Crippen molar-refractivity contribution in [2.24, 2.45) is 0 Å². The summed E-state index contributed by atoms with van der Waals surface area (Å²) >= 11 is 0. The van der Waals surface area contributed by atoms with Gasteiger partial charge in [-0.25, -0.2) is 0 Å². The van der Waals surface area contributed by atoms with Gasteiger partial charge in [-0.05, 0) is 148 Å². The average Bonchev–Trinajstić information content (AvgIpc) is 3.49. The van der Waals surface area contributed by atoms with Crippen LogP contribution < -0.4 is 0 Å². The molecule has 0 aliphatic carbocycles. The Morgan fingerprint density at radius 3 is 0.771 bits per heavy atom. The number of esters is 3. The first kappa shape index (κ1) is 76.2. The zero-order valence-corrected chi connectivity index (χ0v) is 51.8. The summed E-state index contributed by atoms with van der Waals surface area (Å²) in [7, 11) is 0. The molecule has 83 heavy (non-hydrogen) atoms. The third-order valence-corrected chi connectivity index (χ3v) is 11.9. The molecule has 0 N–H and O–H groups in total. The van der Waals surface area contributed by atoms with Crippen molar-refractivity contribution in [3.8, 4) is 0 Å². The molecular formula is C77H110O6. The van der Waals surface area contributed by atoms with E-state index in [1.807, 2.05) is 12.2 Å². The minimum absolute atomic E-state index is 0.0573. The van der Waals surface area contributed by atoms with Gasteiger partial charge in [0.1, 0.15) is 13.2 Å². The molecule has 0 aliphatic rings. The van der Waals surface area contributed by atoms with E-state index in [-0.39, 0.29) is 38.4 Å². The Bertz CT molecular complexity index is 2180. The standard InChI is InChI=1S/C77H110O6/c1-4-7-10-13-16-19-22-25-28-29-30-31-32-33-34-35-36-37-38-39-40-41-42-43-44-45-46-47-50-52-55-58-61-64-67-70-76(79)82-73-74(83-77(80)71-68-65-62-59-56-53-49-27-24-21-18-15-12-9-6-3)72-81-75(78)69-66-63-60-57-54-51-48-26-23-20-17-14-11-8-5-2/h7-12,16-21,25-28,30-31,33-34,36-37,39-40,42-43,45-46,48-50,52,54,56-57,59,63,65-66,68,74H,4-6,13-15,22-24,29,32,35,38,41,44,47,51,53,55,58,60-62,64,67,69-73H2,1-3H3/b10-7-,11-8-,12-9-,19-16-,20-17-,21-18-,28-25-,31-30-,34-33-,37-36-,40-39-,43-42-,46-45-,48-26-,49-27-,52-50-,57-54-,59-56-,66-63-,68-65-. The van der Waals surface area contributed by atoms with Crippen molar-refractivity contribution >= 4 is 17.9 Å². The largest absolute Gasteiger partial charge is 0.462 e. The first-order valence-corrected chi connectivity index (χ1v) is 31.5. The minimum atomic E-state index is -0.900. The minimum Gasteiger partial charge on any atom is -0.462 e. The third-order valence-electron chi connectivity index (χ3n) is 11.9. The molecule has 0 aromatic rings. The fourth-order valence-electron chi connectivity index (χ4n) is 7.32. The molecule has 0 fully saturated rings. The molecule has 0 aromatic carbocycles. The van der Waals surface area contributed by atoms with E-state index in [2.05, 4.69) is 240 Å². The Labute approximate surface area is 507 Å². The van der Waals surface area contributed by atoms with Crippen molar-refractivity contribution in [3.05, 3.63) is 243 Å². The molecule has 0 saturated heterocycles. The zero-order chi connectivity index (χ0) is 59.9. The third kappa shape index (κ3) is 65.9. The van der Waals surface area contributed by atoms with Crippen LogP contribution >= 0.6 is 0 Å². The Balaban J connectivity index is 4.51. The van der Waals surface area contributed by atoms with Crippen LogP contribution in [0.15, 0.2) is 243 Å². The van der Waals surface area contributed by atoms with Crippen LogP contribution in [0.25, 0.3) is 0 Å². The normalized spacial score (nSPS) is 13.8. The van der Waals surface area contributed by atoms with Crippen molar-refractivity contribution in [1.29, 1.82) is 0 Å². The Morgan fingerprint density at radius 2 is 0.482 bits per heavy atom. The number of hydrogen-bond donors (Lipinski definition) is 0. The molecule has 0 amide bonds. The van der Waals surface area contributed by atoms with Gasteiger partial charge in [0.25, 0.3) is 0 Å². The van der Waals surface area contributed by atoms with Crippen molar-refractivity contribution < 1.29 is 28.6 Å². The van der Waals surface area contributed by atoms with Gasteiger partial charge in [-0.2, -0.15) is 0 Å². The monoisotopic (exact) mass is 1130 g/mol. The maximum Gasteiger partial charge on any atom is 0.310 e. The van der Waals surface area contributed by atoms with Gasteiger partial charge in [-0.1, -0.05) is 277 Å². The molecule has 0 heterocycles. The highest BCUT2D eigenvalue weighted by molar-refractivity contribution is 5.72. The van der Waals surface area contributed by atoms with Crippen molar-refractivity contribution in [2.75, 3.05) is 13.2 Å². The van der Waals surface area contributed by atoms with Crippen LogP contribution in [0.2, 0.25) is 0 Å². The van der Waals surface area contributed by atoms with Crippen molar-refractivity contribution in [1.82, 2.24) is 0 Å². The van der Waals surface area contributed by atoms with E-state index in [1.165, 1.54) is 0 Å². The highest BCUT2D eigenvalue weighted by atomic mass is 16.6. The van der Waals surface area contributed by atoms with Crippen LogP contribution in [-0.2, 0) is 28.6 Å². The molecule has 454 valence electrons. The molecule has 0 bridgehead atoms. The SMILES string of the molecule is CC/C=C\C/C=C\C/C=C\C/C=C\C/C=C\C/C=C\C/C=C\C/C=C\C/C=C\C/C=C\CCCCCCC(=O)OCC(COC(=O)C/C=C\C/C=C\C/C=C\C/C=C\C/C=C\CC)OC(=O)C/C=C\C/C=C\C/C=C\C/C=C\C/C=C\CC. The molecule has 0 aromatic heterocycles. The molecule has 1 unspecified atom stereocenters. The van der Waals surface area contributed by atoms with Crippen LogP contribution in [0, 0.1) is 0 Å². The summed E-state index contributed by atoms with van der Waals surface area (Å²) in [5, 5.41) is 0. The van der Waals surface area contributed by atoms with E-state index in [9.17, 15) is 14.4 Å². The summed E-state index contributed by atoms with van der Waals surface area (Å²) in [6, 6.07) is 0. The van der Waals surface area contributed by atoms with E-state index < -0.39 is 18.0 Å². The van der Waals surface area contributed by atoms with Gasteiger partial charge < -0.3 is 14.2 Å². The summed E-state index contributed by atoms with van der Waals surface area (Å²) in [6.07, 6.45) is 109. The van der Waals surface area contributed by atoms with Crippen LogP contribution in [0.1, 0.15) is 201 Å². The second kappa shape index (κ2) is 67.7. The van der Waals surface area contributed by atoms with E-state index in [0.717, 1.165) is 148 Å². The number of unbranched alkanes of at least 4 members (excludes halogenated alkanes) is 4. The smallest absolute Gasteiger partial charge is 0.310 e. The Kier molecular flexibility index (Phi) is 62.2. The predicted molar refractivity (Wildman–Crippen MR) is 361 cm³/mol. The highest BCUT2D eigenvalue weighted by Crippen LogP contribution is 2.10. The molecule has 0 spiro atoms. The molecule has 0 saturated carbocycles.